The standard InChI is InChI=1S/C24H24N6O4/c1-15(2)22-26-21(27-34-22)16-7-8-19(25-13-16)28-9-11-29(12-10-28)20(31)14-30-23(32)17-5-3-4-6-18(17)24(30)33/h3-8,13,15H,9-12,14H2,1-2H3. The molecule has 10 nitrogen and oxygen atoms in total. The highest BCUT2D eigenvalue weighted by atomic mass is 16.5. The minimum atomic E-state index is -0.418. The van der Waals surface area contributed by atoms with E-state index < -0.39 is 11.8 Å². The van der Waals surface area contributed by atoms with E-state index in [1.807, 2.05) is 26.0 Å². The Morgan fingerprint density at radius 2 is 1.68 bits per heavy atom. The Labute approximate surface area is 196 Å². The van der Waals surface area contributed by atoms with Gasteiger partial charge >= 0.3 is 0 Å². The fourth-order valence-corrected chi connectivity index (χ4v) is 4.10. The predicted molar refractivity (Wildman–Crippen MR) is 122 cm³/mol. The molecule has 0 spiro atoms. The lowest BCUT2D eigenvalue weighted by molar-refractivity contribution is -0.131. The van der Waals surface area contributed by atoms with Crippen molar-refractivity contribution in [1.29, 1.82) is 0 Å². The third-order valence-corrected chi connectivity index (χ3v) is 6.07. The summed E-state index contributed by atoms with van der Waals surface area (Å²) in [7, 11) is 0. The van der Waals surface area contributed by atoms with Crippen LogP contribution in [0.5, 0.6) is 0 Å². The Balaban J connectivity index is 1.18. The third-order valence-electron chi connectivity index (χ3n) is 6.07. The Morgan fingerprint density at radius 1 is 1.00 bits per heavy atom. The second-order valence-electron chi connectivity index (χ2n) is 8.63. The van der Waals surface area contributed by atoms with E-state index >= 15 is 0 Å². The van der Waals surface area contributed by atoms with Crippen molar-refractivity contribution in [3.05, 3.63) is 59.6 Å². The quantitative estimate of drug-likeness (QED) is 0.533. The highest BCUT2D eigenvalue weighted by molar-refractivity contribution is 6.22. The van der Waals surface area contributed by atoms with Crippen LogP contribution in [0.4, 0.5) is 5.82 Å². The molecular formula is C24H24N6O4. The number of fused-ring (bicyclic) bond motifs is 1. The minimum Gasteiger partial charge on any atom is -0.353 e. The molecule has 0 aliphatic carbocycles. The lowest BCUT2D eigenvalue weighted by atomic mass is 10.1. The third kappa shape index (κ3) is 3.91. The van der Waals surface area contributed by atoms with Gasteiger partial charge in [0.1, 0.15) is 12.4 Å². The number of aromatic nitrogens is 3. The van der Waals surface area contributed by atoms with Crippen molar-refractivity contribution < 1.29 is 18.9 Å². The minimum absolute atomic E-state index is 0.157. The number of amides is 3. The molecule has 0 N–H and O–H groups in total. The Morgan fingerprint density at radius 3 is 2.24 bits per heavy atom. The van der Waals surface area contributed by atoms with Crippen molar-refractivity contribution in [2.24, 2.45) is 0 Å². The zero-order valence-corrected chi connectivity index (χ0v) is 19.0. The van der Waals surface area contributed by atoms with Crippen LogP contribution in [0, 0.1) is 0 Å². The number of nitrogens with zero attached hydrogens (tertiary/aromatic N) is 6. The van der Waals surface area contributed by atoms with Crippen LogP contribution in [0.15, 0.2) is 47.1 Å². The van der Waals surface area contributed by atoms with Crippen molar-refractivity contribution >= 4 is 23.5 Å². The van der Waals surface area contributed by atoms with Crippen LogP contribution in [0.1, 0.15) is 46.4 Å². The maximum Gasteiger partial charge on any atom is 0.262 e. The number of rotatable bonds is 5. The van der Waals surface area contributed by atoms with Gasteiger partial charge < -0.3 is 14.3 Å². The molecule has 4 heterocycles. The summed E-state index contributed by atoms with van der Waals surface area (Å²) in [5, 5.41) is 4.01. The second-order valence-corrected chi connectivity index (χ2v) is 8.63. The number of anilines is 1. The van der Waals surface area contributed by atoms with E-state index in [1.54, 1.807) is 35.4 Å². The summed E-state index contributed by atoms with van der Waals surface area (Å²) in [5.74, 6) is 0.967. The van der Waals surface area contributed by atoms with Crippen molar-refractivity contribution in [3.8, 4) is 11.4 Å². The largest absolute Gasteiger partial charge is 0.353 e. The number of hydrogen-bond acceptors (Lipinski definition) is 8. The molecule has 34 heavy (non-hydrogen) atoms. The second kappa shape index (κ2) is 8.69. The molecule has 2 aliphatic rings. The van der Waals surface area contributed by atoms with Gasteiger partial charge in [-0.25, -0.2) is 4.98 Å². The van der Waals surface area contributed by atoms with Crippen LogP contribution >= 0.6 is 0 Å². The van der Waals surface area contributed by atoms with Gasteiger partial charge in [-0.15, -0.1) is 0 Å². The molecule has 0 bridgehead atoms. The zero-order valence-electron chi connectivity index (χ0n) is 19.0. The van der Waals surface area contributed by atoms with Crippen LogP contribution in [0.3, 0.4) is 0 Å². The first-order valence-electron chi connectivity index (χ1n) is 11.2. The first kappa shape index (κ1) is 21.7. The van der Waals surface area contributed by atoms with Crippen LogP contribution in [0.25, 0.3) is 11.4 Å². The Kier molecular flexibility index (Phi) is 5.56. The van der Waals surface area contributed by atoms with Crippen LogP contribution in [-0.4, -0.2) is 75.4 Å². The average molecular weight is 460 g/mol. The molecule has 0 atom stereocenters. The van der Waals surface area contributed by atoms with E-state index in [9.17, 15) is 14.4 Å². The molecule has 5 rings (SSSR count). The lowest BCUT2D eigenvalue weighted by Crippen LogP contribution is -2.52. The monoisotopic (exact) mass is 460 g/mol. The highest BCUT2D eigenvalue weighted by Crippen LogP contribution is 2.24. The van der Waals surface area contributed by atoms with Gasteiger partial charge in [-0.1, -0.05) is 31.1 Å². The first-order chi connectivity index (χ1) is 16.4. The van der Waals surface area contributed by atoms with Gasteiger partial charge in [-0.05, 0) is 24.3 Å². The highest BCUT2D eigenvalue weighted by Gasteiger charge is 2.37. The topological polar surface area (TPSA) is 113 Å². The fourth-order valence-electron chi connectivity index (χ4n) is 4.10. The molecule has 2 aromatic heterocycles. The van der Waals surface area contributed by atoms with Gasteiger partial charge in [0.15, 0.2) is 0 Å². The van der Waals surface area contributed by atoms with Crippen molar-refractivity contribution in [2.45, 2.75) is 19.8 Å². The van der Waals surface area contributed by atoms with Crippen LogP contribution in [-0.2, 0) is 4.79 Å². The molecule has 1 saturated heterocycles. The summed E-state index contributed by atoms with van der Waals surface area (Å²) in [5.41, 5.74) is 1.47. The summed E-state index contributed by atoms with van der Waals surface area (Å²) in [6.45, 7) is 5.88. The maximum atomic E-state index is 12.8. The van der Waals surface area contributed by atoms with Crippen LogP contribution in [0.2, 0.25) is 0 Å². The van der Waals surface area contributed by atoms with Gasteiger partial charge in [-0.3, -0.25) is 19.3 Å². The normalized spacial score (nSPS) is 15.9. The number of piperazine rings is 1. The molecule has 0 unspecified atom stereocenters. The Hall–Kier alpha value is -4.08. The molecule has 174 valence electrons. The number of imide groups is 1. The SMILES string of the molecule is CC(C)c1nc(-c2ccc(N3CCN(C(=O)CN4C(=O)c5ccccc5C4=O)CC3)nc2)no1. The van der Waals surface area contributed by atoms with Gasteiger partial charge in [0.25, 0.3) is 11.8 Å². The van der Waals surface area contributed by atoms with Crippen LogP contribution < -0.4 is 4.90 Å². The van der Waals surface area contributed by atoms with Gasteiger partial charge in [-0.2, -0.15) is 4.98 Å². The maximum absolute atomic E-state index is 12.8. The van der Waals surface area contributed by atoms with E-state index in [1.165, 1.54) is 0 Å². The number of hydrogen-bond donors (Lipinski definition) is 0. The molecular weight excluding hydrogens is 436 g/mol. The van der Waals surface area contributed by atoms with Crippen molar-refractivity contribution in [2.75, 3.05) is 37.6 Å². The lowest BCUT2D eigenvalue weighted by Gasteiger charge is -2.36. The predicted octanol–water partition coefficient (Wildman–Crippen LogP) is 2.20. The molecule has 1 aromatic carbocycles. The van der Waals surface area contributed by atoms with E-state index in [0.717, 1.165) is 16.3 Å². The summed E-state index contributed by atoms with van der Waals surface area (Å²) >= 11 is 0. The van der Waals surface area contributed by atoms with Gasteiger partial charge in [0, 0.05) is 43.9 Å². The van der Waals surface area contributed by atoms with E-state index in [0.29, 0.717) is 49.0 Å². The van der Waals surface area contributed by atoms with Crippen molar-refractivity contribution in [3.63, 3.8) is 0 Å². The van der Waals surface area contributed by atoms with E-state index in [4.69, 9.17) is 4.52 Å². The smallest absolute Gasteiger partial charge is 0.262 e. The average Bonchev–Trinajstić information content (AvgIpc) is 3.45. The molecule has 3 amide bonds. The van der Waals surface area contributed by atoms with Crippen molar-refractivity contribution in [1.82, 2.24) is 24.9 Å². The zero-order chi connectivity index (χ0) is 23.8. The summed E-state index contributed by atoms with van der Waals surface area (Å²) in [6, 6.07) is 10.4. The van der Waals surface area contributed by atoms with E-state index in [2.05, 4.69) is 20.0 Å². The number of carbonyl (C=O) groups excluding carboxylic acids is 3. The molecule has 10 heteroatoms. The number of carbonyl (C=O) groups is 3. The molecule has 2 aliphatic heterocycles. The Bertz CT molecular complexity index is 1210. The van der Waals surface area contributed by atoms with E-state index in [-0.39, 0.29) is 18.4 Å². The summed E-state index contributed by atoms with van der Waals surface area (Å²) in [6.07, 6.45) is 1.71. The number of benzene rings is 1. The molecule has 1 fully saturated rings. The number of pyridine rings is 1. The molecule has 0 radical (unpaired) electrons. The van der Waals surface area contributed by atoms with Gasteiger partial charge in [0.2, 0.25) is 17.6 Å². The molecule has 3 aromatic rings. The van der Waals surface area contributed by atoms with Gasteiger partial charge in [0.05, 0.1) is 11.1 Å². The summed E-state index contributed by atoms with van der Waals surface area (Å²) < 4.78 is 5.26. The first-order valence-corrected chi connectivity index (χ1v) is 11.2. The molecule has 0 saturated carbocycles. The summed E-state index contributed by atoms with van der Waals surface area (Å²) in [4.78, 5) is 51.6. The fraction of sp³-hybridized carbons (Fsp3) is 0.333.